The summed E-state index contributed by atoms with van der Waals surface area (Å²) in [5.74, 6) is 0.503. The Morgan fingerprint density at radius 2 is 2.31 bits per heavy atom. The molecule has 0 saturated carbocycles. The maximum absolute atomic E-state index is 12.8. The molecule has 2 aromatic heterocycles. The molecule has 26 heavy (non-hydrogen) atoms. The van der Waals surface area contributed by atoms with Crippen molar-refractivity contribution in [1.29, 1.82) is 0 Å². The zero-order chi connectivity index (χ0) is 18.4. The quantitative estimate of drug-likeness (QED) is 0.767. The van der Waals surface area contributed by atoms with Gasteiger partial charge in [-0.15, -0.1) is 11.3 Å². The molecule has 2 aromatic rings. The van der Waals surface area contributed by atoms with Crippen molar-refractivity contribution in [2.24, 2.45) is 5.73 Å². The number of piperidine rings is 1. The van der Waals surface area contributed by atoms with Crippen LogP contribution < -0.4 is 11.1 Å². The Kier molecular flexibility index (Phi) is 6.40. The SMILES string of the molecule is NCCC(=O)NCC1CCCCN1C(=O)Cc1coc(-c2cccs2)n1. The Morgan fingerprint density at radius 1 is 1.42 bits per heavy atom. The first-order chi connectivity index (χ1) is 12.7. The predicted molar refractivity (Wildman–Crippen MR) is 99.6 cm³/mol. The molecule has 1 unspecified atom stereocenters. The van der Waals surface area contributed by atoms with Crippen molar-refractivity contribution >= 4 is 23.2 Å². The summed E-state index contributed by atoms with van der Waals surface area (Å²) in [6.07, 6.45) is 5.02. The smallest absolute Gasteiger partial charge is 0.236 e. The topological polar surface area (TPSA) is 101 Å². The second-order valence-corrected chi connectivity index (χ2v) is 7.33. The van der Waals surface area contributed by atoms with Gasteiger partial charge in [0.15, 0.2) is 0 Å². The van der Waals surface area contributed by atoms with Gasteiger partial charge >= 0.3 is 0 Å². The second kappa shape index (κ2) is 8.95. The van der Waals surface area contributed by atoms with Crippen molar-refractivity contribution in [2.45, 2.75) is 38.1 Å². The van der Waals surface area contributed by atoms with Crippen LogP contribution in [0.4, 0.5) is 0 Å². The van der Waals surface area contributed by atoms with E-state index in [0.717, 1.165) is 24.1 Å². The van der Waals surface area contributed by atoms with Gasteiger partial charge in [0, 0.05) is 32.1 Å². The normalized spacial score (nSPS) is 17.3. The summed E-state index contributed by atoms with van der Waals surface area (Å²) < 4.78 is 5.49. The lowest BCUT2D eigenvalue weighted by Crippen LogP contribution is -2.50. The summed E-state index contributed by atoms with van der Waals surface area (Å²) in [6.45, 7) is 1.52. The van der Waals surface area contributed by atoms with Crippen LogP contribution in [0.2, 0.25) is 0 Å². The molecular weight excluding hydrogens is 352 g/mol. The molecule has 0 radical (unpaired) electrons. The van der Waals surface area contributed by atoms with Crippen LogP contribution >= 0.6 is 11.3 Å². The molecule has 0 aromatic carbocycles. The molecule has 2 amide bonds. The molecule has 0 spiro atoms. The second-order valence-electron chi connectivity index (χ2n) is 6.38. The van der Waals surface area contributed by atoms with E-state index in [1.807, 2.05) is 22.4 Å². The first-order valence-corrected chi connectivity index (χ1v) is 9.80. The number of carbonyl (C=O) groups excluding carboxylic acids is 2. The minimum Gasteiger partial charge on any atom is -0.444 e. The Balaban J connectivity index is 1.59. The van der Waals surface area contributed by atoms with E-state index in [9.17, 15) is 9.59 Å². The third-order valence-corrected chi connectivity index (χ3v) is 5.33. The highest BCUT2D eigenvalue weighted by Gasteiger charge is 2.27. The lowest BCUT2D eigenvalue weighted by Gasteiger charge is -2.35. The molecule has 3 heterocycles. The molecule has 1 saturated heterocycles. The monoisotopic (exact) mass is 376 g/mol. The molecule has 1 atom stereocenters. The van der Waals surface area contributed by atoms with Crippen molar-refractivity contribution in [2.75, 3.05) is 19.6 Å². The summed E-state index contributed by atoms with van der Waals surface area (Å²) in [6, 6.07) is 3.90. The number of rotatable bonds is 7. The average molecular weight is 376 g/mol. The van der Waals surface area contributed by atoms with E-state index in [4.69, 9.17) is 10.2 Å². The van der Waals surface area contributed by atoms with Gasteiger partial charge in [-0.3, -0.25) is 9.59 Å². The molecule has 0 bridgehead atoms. The zero-order valence-corrected chi connectivity index (χ0v) is 15.5. The van der Waals surface area contributed by atoms with E-state index < -0.39 is 0 Å². The van der Waals surface area contributed by atoms with Crippen molar-refractivity contribution in [1.82, 2.24) is 15.2 Å². The van der Waals surface area contributed by atoms with Gasteiger partial charge in [-0.1, -0.05) is 6.07 Å². The largest absolute Gasteiger partial charge is 0.444 e. The Hall–Kier alpha value is -2.19. The minimum atomic E-state index is -0.0671. The summed E-state index contributed by atoms with van der Waals surface area (Å²) in [4.78, 5) is 31.6. The Bertz CT molecular complexity index is 729. The fourth-order valence-electron chi connectivity index (χ4n) is 3.15. The molecule has 1 aliphatic heterocycles. The fourth-order valence-corrected chi connectivity index (χ4v) is 3.81. The number of oxazole rings is 1. The standard InChI is InChI=1S/C18H24N4O3S/c19-7-6-16(23)20-11-14-4-1-2-8-22(14)17(24)10-13-12-25-18(21-13)15-5-3-9-26-15/h3,5,9,12,14H,1-2,4,6-8,10-11,19H2,(H,20,23). The Morgan fingerprint density at radius 3 is 3.08 bits per heavy atom. The molecule has 140 valence electrons. The summed E-state index contributed by atoms with van der Waals surface area (Å²) in [5, 5.41) is 4.84. The van der Waals surface area contributed by atoms with Crippen LogP contribution in [-0.4, -0.2) is 47.4 Å². The van der Waals surface area contributed by atoms with Crippen LogP contribution in [0.1, 0.15) is 31.4 Å². The number of nitrogens with one attached hydrogen (secondary N) is 1. The van der Waals surface area contributed by atoms with Gasteiger partial charge in [0.05, 0.1) is 17.0 Å². The number of hydrogen-bond acceptors (Lipinski definition) is 6. The van der Waals surface area contributed by atoms with Crippen LogP contribution in [0, 0.1) is 0 Å². The molecular formula is C18H24N4O3S. The summed E-state index contributed by atoms with van der Waals surface area (Å²) in [7, 11) is 0. The van der Waals surface area contributed by atoms with Gasteiger partial charge in [-0.05, 0) is 30.7 Å². The highest BCUT2D eigenvalue weighted by atomic mass is 32.1. The highest BCUT2D eigenvalue weighted by molar-refractivity contribution is 7.13. The van der Waals surface area contributed by atoms with Gasteiger partial charge in [0.25, 0.3) is 0 Å². The van der Waals surface area contributed by atoms with Crippen LogP contribution in [0.5, 0.6) is 0 Å². The van der Waals surface area contributed by atoms with E-state index >= 15 is 0 Å². The molecule has 3 rings (SSSR count). The number of thiophene rings is 1. The Labute approximate surface area is 156 Å². The third kappa shape index (κ3) is 4.70. The summed E-state index contributed by atoms with van der Waals surface area (Å²) in [5.41, 5.74) is 6.03. The van der Waals surface area contributed by atoms with Crippen LogP contribution in [0.3, 0.4) is 0 Å². The lowest BCUT2D eigenvalue weighted by molar-refractivity contribution is -0.134. The van der Waals surface area contributed by atoms with E-state index in [2.05, 4.69) is 10.3 Å². The van der Waals surface area contributed by atoms with Gasteiger partial charge in [-0.25, -0.2) is 4.98 Å². The number of nitrogens with zero attached hydrogens (tertiary/aromatic N) is 2. The molecule has 1 fully saturated rings. The lowest BCUT2D eigenvalue weighted by atomic mass is 10.0. The number of nitrogens with two attached hydrogens (primary N) is 1. The molecule has 8 heteroatoms. The van der Waals surface area contributed by atoms with Crippen LogP contribution in [0.15, 0.2) is 28.2 Å². The third-order valence-electron chi connectivity index (χ3n) is 4.47. The number of likely N-dealkylation sites (tertiary alicyclic amines) is 1. The summed E-state index contributed by atoms with van der Waals surface area (Å²) >= 11 is 1.55. The van der Waals surface area contributed by atoms with E-state index in [-0.39, 0.29) is 24.3 Å². The fraction of sp³-hybridized carbons (Fsp3) is 0.500. The molecule has 7 nitrogen and oxygen atoms in total. The number of hydrogen-bond donors (Lipinski definition) is 2. The van der Waals surface area contributed by atoms with Gasteiger partial charge in [0.2, 0.25) is 17.7 Å². The highest BCUT2D eigenvalue weighted by Crippen LogP contribution is 2.24. The molecule has 3 N–H and O–H groups in total. The van der Waals surface area contributed by atoms with Crippen molar-refractivity contribution in [3.05, 3.63) is 29.5 Å². The van der Waals surface area contributed by atoms with Gasteiger partial charge in [-0.2, -0.15) is 0 Å². The predicted octanol–water partition coefficient (Wildman–Crippen LogP) is 1.79. The number of carbonyl (C=O) groups is 2. The molecule has 1 aliphatic rings. The number of amides is 2. The van der Waals surface area contributed by atoms with Gasteiger partial charge < -0.3 is 20.4 Å². The first kappa shape index (κ1) is 18.6. The minimum absolute atomic E-state index is 0.0220. The zero-order valence-electron chi connectivity index (χ0n) is 14.6. The van der Waals surface area contributed by atoms with Crippen molar-refractivity contribution in [3.63, 3.8) is 0 Å². The first-order valence-electron chi connectivity index (χ1n) is 8.92. The van der Waals surface area contributed by atoms with E-state index in [0.29, 0.717) is 37.6 Å². The van der Waals surface area contributed by atoms with Crippen molar-refractivity contribution < 1.29 is 14.0 Å². The van der Waals surface area contributed by atoms with E-state index in [1.165, 1.54) is 0 Å². The molecule has 0 aliphatic carbocycles. The van der Waals surface area contributed by atoms with Crippen LogP contribution in [0.25, 0.3) is 10.8 Å². The maximum atomic E-state index is 12.8. The van der Waals surface area contributed by atoms with Gasteiger partial charge in [0.1, 0.15) is 6.26 Å². The van der Waals surface area contributed by atoms with Crippen molar-refractivity contribution in [3.8, 4) is 10.8 Å². The number of aromatic nitrogens is 1. The average Bonchev–Trinajstić information content (AvgIpc) is 3.32. The van der Waals surface area contributed by atoms with Crippen LogP contribution in [-0.2, 0) is 16.0 Å². The maximum Gasteiger partial charge on any atom is 0.236 e. The van der Waals surface area contributed by atoms with E-state index in [1.54, 1.807) is 17.6 Å².